The number of anilines is 2. The lowest BCUT2D eigenvalue weighted by molar-refractivity contribution is -0.123. The van der Waals surface area contributed by atoms with Crippen molar-refractivity contribution in [3.05, 3.63) is 70.8 Å². The van der Waals surface area contributed by atoms with Crippen molar-refractivity contribution < 1.29 is 66.4 Å². The van der Waals surface area contributed by atoms with Gasteiger partial charge in [0.15, 0.2) is 23.0 Å². The molecule has 2 heterocycles. The number of aryl methyl sites for hydroxylation is 2. The van der Waals surface area contributed by atoms with Crippen LogP contribution in [0.1, 0.15) is 87.5 Å². The van der Waals surface area contributed by atoms with E-state index in [1.54, 1.807) is 0 Å². The molecule has 4 aliphatic rings. The van der Waals surface area contributed by atoms with E-state index >= 15 is 0 Å². The van der Waals surface area contributed by atoms with Gasteiger partial charge in [0.1, 0.15) is 26.4 Å². The van der Waals surface area contributed by atoms with E-state index in [0.29, 0.717) is 179 Å². The summed E-state index contributed by atoms with van der Waals surface area (Å²) >= 11 is 0. The quantitative estimate of drug-likeness (QED) is 0.229. The molecule has 386 valence electrons. The van der Waals surface area contributed by atoms with Gasteiger partial charge >= 0.3 is 0 Å². The average molecular weight is 977 g/mol. The molecule has 16 nitrogen and oxygen atoms in total. The number of benzene rings is 3. The Morgan fingerprint density at radius 2 is 0.714 bits per heavy atom. The molecule has 70 heavy (non-hydrogen) atoms. The molecule has 3 aromatic rings. The number of hydrogen-bond donors (Lipinski definition) is 2. The predicted octanol–water partition coefficient (Wildman–Crippen LogP) is 7.39. The number of carbonyl (C=O) groups excluding carboxylic acids is 2. The predicted molar refractivity (Wildman–Crippen MR) is 264 cm³/mol. The molecule has 2 N–H and O–H groups in total. The van der Waals surface area contributed by atoms with Crippen LogP contribution >= 0.6 is 0 Å². The molecule has 16 heteroatoms. The van der Waals surface area contributed by atoms with E-state index in [-0.39, 0.29) is 11.8 Å². The van der Waals surface area contributed by atoms with Crippen LogP contribution in [0.2, 0.25) is 0 Å². The minimum Gasteiger partial charge on any atom is -0.487 e. The van der Waals surface area contributed by atoms with E-state index in [2.05, 4.69) is 36.6 Å². The van der Waals surface area contributed by atoms with Crippen molar-refractivity contribution in [2.45, 2.75) is 88.9 Å². The Morgan fingerprint density at radius 1 is 0.414 bits per heavy atom. The van der Waals surface area contributed by atoms with Crippen LogP contribution in [0.4, 0.5) is 11.4 Å². The number of hydrogen-bond acceptors (Lipinski definition) is 14. The van der Waals surface area contributed by atoms with Crippen LogP contribution < -0.4 is 29.6 Å². The van der Waals surface area contributed by atoms with Gasteiger partial charge in [0.05, 0.1) is 117 Å². The number of amides is 2. The Balaban J connectivity index is 1.09. The number of carbonyl (C=O) groups is 2. The molecular formula is C54H76N2O14. The lowest BCUT2D eigenvalue weighted by Gasteiger charge is -2.42. The molecular weight excluding hydrogens is 901 g/mol. The van der Waals surface area contributed by atoms with E-state index < -0.39 is 10.8 Å². The van der Waals surface area contributed by atoms with Gasteiger partial charge in [-0.05, 0) is 97.9 Å². The molecule has 0 fully saturated rings. The molecule has 0 saturated heterocycles. The first-order valence-electron chi connectivity index (χ1n) is 25.7. The Morgan fingerprint density at radius 3 is 1.03 bits per heavy atom. The molecule has 0 radical (unpaired) electrons. The summed E-state index contributed by atoms with van der Waals surface area (Å²) in [7, 11) is 0. The van der Waals surface area contributed by atoms with Gasteiger partial charge in [-0.3, -0.25) is 9.59 Å². The first kappa shape index (κ1) is 53.3. The molecule has 2 aliphatic heterocycles. The maximum atomic E-state index is 15.0. The molecule has 2 aliphatic carbocycles. The van der Waals surface area contributed by atoms with Gasteiger partial charge in [0.25, 0.3) is 0 Å². The summed E-state index contributed by atoms with van der Waals surface area (Å²) in [6.45, 7) is 12.6. The topological polar surface area (TPSA) is 169 Å². The second-order valence-corrected chi connectivity index (χ2v) is 18.1. The Kier molecular flexibility index (Phi) is 21.7. The second kappa shape index (κ2) is 28.5. The lowest BCUT2D eigenvalue weighted by Crippen LogP contribution is -2.45. The van der Waals surface area contributed by atoms with Crippen LogP contribution in [-0.2, 0) is 71.2 Å². The summed E-state index contributed by atoms with van der Waals surface area (Å²) in [6, 6.07) is 15.6. The number of fused-ring (bicyclic) bond motifs is 4. The van der Waals surface area contributed by atoms with Gasteiger partial charge in [-0.1, -0.05) is 38.8 Å². The summed E-state index contributed by atoms with van der Waals surface area (Å²) in [5.41, 5.74) is 4.15. The third-order valence-electron chi connectivity index (χ3n) is 13.3. The molecule has 0 spiro atoms. The summed E-state index contributed by atoms with van der Waals surface area (Å²) in [4.78, 5) is 29.9. The highest BCUT2D eigenvalue weighted by atomic mass is 16.6. The standard InChI is InChI=1S/C54H76N2O14/c1-3-13-53(51(57)55-43-9-11-47-49(39-43)69-35-31-65-27-23-61-19-17-59-21-25-63-29-33-67-47)15-5-7-41-38-46-42(37-45(41)53)8-6-16-54(46,14-4-2)52(58)56-44-10-12-48-50(40-44)70-36-32-66-28-24-62-20-18-60-22-26-64-30-34-68-48/h9-12,37-40H,3-8,13-36H2,1-2H3,(H,55,57)(H,56,58)/t53-,54-/m1/s1. The fourth-order valence-electron chi connectivity index (χ4n) is 10.00. The summed E-state index contributed by atoms with van der Waals surface area (Å²) in [5, 5.41) is 6.62. The fraction of sp³-hybridized carbons (Fsp3) is 0.630. The van der Waals surface area contributed by atoms with Crippen LogP contribution in [0.5, 0.6) is 23.0 Å². The van der Waals surface area contributed by atoms with Crippen molar-refractivity contribution >= 4 is 23.2 Å². The Hall–Kier alpha value is -4.52. The van der Waals surface area contributed by atoms with Crippen LogP contribution in [0.15, 0.2) is 48.5 Å². The van der Waals surface area contributed by atoms with Gasteiger partial charge in [-0.2, -0.15) is 0 Å². The number of nitrogens with one attached hydrogen (secondary N) is 2. The fourth-order valence-corrected chi connectivity index (χ4v) is 10.00. The minimum atomic E-state index is -0.756. The van der Waals surface area contributed by atoms with E-state index in [0.717, 1.165) is 73.6 Å². The number of ether oxygens (including phenoxy) is 12. The van der Waals surface area contributed by atoms with E-state index in [9.17, 15) is 9.59 Å². The molecule has 2 amide bonds. The SMILES string of the molecule is CCC[C@@]1(C(=O)Nc2ccc3c(c2)OCCOCCOCCOCCOCCO3)CCCc2cc3c(cc21)CCC[C@@]3(CCC)C(=O)Nc1ccc2c(c1)OCCOCCOCCOCCOCCO2. The third kappa shape index (κ3) is 14.8. The van der Waals surface area contributed by atoms with Crippen molar-refractivity contribution in [3.8, 4) is 23.0 Å². The largest absolute Gasteiger partial charge is 0.487 e. The lowest BCUT2D eigenvalue weighted by atomic mass is 9.61. The normalized spacial score (nSPS) is 23.1. The van der Waals surface area contributed by atoms with Crippen molar-refractivity contribution in [3.63, 3.8) is 0 Å². The monoisotopic (exact) mass is 977 g/mol. The van der Waals surface area contributed by atoms with Gasteiger partial charge in [-0.25, -0.2) is 0 Å². The molecule has 0 aromatic heterocycles. The molecule has 0 saturated carbocycles. The maximum absolute atomic E-state index is 15.0. The van der Waals surface area contributed by atoms with E-state index in [1.165, 1.54) is 0 Å². The van der Waals surface area contributed by atoms with Crippen molar-refractivity contribution in [2.75, 3.05) is 143 Å². The summed E-state index contributed by atoms with van der Waals surface area (Å²) in [6.07, 6.45) is 7.84. The number of rotatable bonds is 8. The van der Waals surface area contributed by atoms with E-state index in [4.69, 9.17) is 56.8 Å². The zero-order valence-corrected chi connectivity index (χ0v) is 41.5. The Labute approximate surface area is 413 Å². The third-order valence-corrected chi connectivity index (χ3v) is 13.3. The molecule has 7 rings (SSSR count). The highest BCUT2D eigenvalue weighted by Gasteiger charge is 2.47. The first-order chi connectivity index (χ1) is 34.5. The molecule has 2 atom stereocenters. The van der Waals surface area contributed by atoms with Gasteiger partial charge < -0.3 is 67.5 Å². The zero-order chi connectivity index (χ0) is 48.7. The zero-order valence-electron chi connectivity index (χ0n) is 41.5. The van der Waals surface area contributed by atoms with Gasteiger partial charge in [0, 0.05) is 23.5 Å². The smallest absolute Gasteiger partial charge is 0.235 e. The molecule has 0 unspecified atom stereocenters. The van der Waals surface area contributed by atoms with Crippen LogP contribution in [0.25, 0.3) is 0 Å². The van der Waals surface area contributed by atoms with Gasteiger partial charge in [-0.15, -0.1) is 0 Å². The summed E-state index contributed by atoms with van der Waals surface area (Å²) < 4.78 is 69.7. The van der Waals surface area contributed by atoms with Crippen molar-refractivity contribution in [1.82, 2.24) is 0 Å². The highest BCUT2D eigenvalue weighted by Crippen LogP contribution is 2.49. The van der Waals surface area contributed by atoms with Crippen LogP contribution in [-0.4, -0.2) is 144 Å². The van der Waals surface area contributed by atoms with Crippen LogP contribution in [0.3, 0.4) is 0 Å². The molecule has 0 bridgehead atoms. The van der Waals surface area contributed by atoms with E-state index in [1.807, 2.05) is 36.4 Å². The van der Waals surface area contributed by atoms with Crippen molar-refractivity contribution in [2.24, 2.45) is 0 Å². The average Bonchev–Trinajstić information content (AvgIpc) is 3.36. The van der Waals surface area contributed by atoms with Gasteiger partial charge in [0.2, 0.25) is 11.8 Å². The minimum absolute atomic E-state index is 0.0446. The first-order valence-corrected chi connectivity index (χ1v) is 25.7. The summed E-state index contributed by atoms with van der Waals surface area (Å²) in [5.74, 6) is 2.03. The highest BCUT2D eigenvalue weighted by molar-refractivity contribution is 6.01. The van der Waals surface area contributed by atoms with Crippen LogP contribution in [0, 0.1) is 0 Å². The van der Waals surface area contributed by atoms with Crippen molar-refractivity contribution in [1.29, 1.82) is 0 Å². The maximum Gasteiger partial charge on any atom is 0.235 e. The Bertz CT molecular complexity index is 1940. The second-order valence-electron chi connectivity index (χ2n) is 18.1. The molecule has 3 aromatic carbocycles.